The molecule has 1 aliphatic heterocycles. The van der Waals surface area contributed by atoms with E-state index < -0.39 is 15.9 Å². The molecule has 3 rings (SSSR count). The van der Waals surface area contributed by atoms with E-state index in [1.54, 1.807) is 12.1 Å². The fraction of sp³-hybridized carbons (Fsp3) is 0.409. The van der Waals surface area contributed by atoms with Crippen LogP contribution in [0, 0.1) is 0 Å². The van der Waals surface area contributed by atoms with Crippen molar-refractivity contribution < 1.29 is 22.7 Å². The first-order valence-corrected chi connectivity index (χ1v) is 12.2. The van der Waals surface area contributed by atoms with Crippen LogP contribution in [0.1, 0.15) is 18.4 Å². The second-order valence-corrected chi connectivity index (χ2v) is 9.96. The van der Waals surface area contributed by atoms with Crippen molar-refractivity contribution in [1.29, 1.82) is 0 Å². The molecule has 7 nitrogen and oxygen atoms in total. The van der Waals surface area contributed by atoms with Gasteiger partial charge < -0.3 is 14.8 Å². The number of sulfonamides is 1. The standard InChI is InChI=1S/C22H27ClN2O5S/c1-29-20-9-8-18(23)14-19(20)25(31(2,27)28)15-21(26)24-16-22(10-12-30-13-11-22)17-6-4-3-5-7-17/h3-9,14H,10-13,15-16H2,1-2H3,(H,24,26). The van der Waals surface area contributed by atoms with Crippen LogP contribution in [0.25, 0.3) is 0 Å². The van der Waals surface area contributed by atoms with Crippen LogP contribution in [0.2, 0.25) is 5.02 Å². The Morgan fingerprint density at radius 2 is 1.87 bits per heavy atom. The molecule has 1 aliphatic rings. The smallest absolute Gasteiger partial charge is 0.240 e. The van der Waals surface area contributed by atoms with Crippen molar-refractivity contribution in [2.75, 3.05) is 44.0 Å². The van der Waals surface area contributed by atoms with Gasteiger partial charge in [0.2, 0.25) is 15.9 Å². The zero-order chi connectivity index (χ0) is 22.5. The van der Waals surface area contributed by atoms with Crippen LogP contribution < -0.4 is 14.4 Å². The summed E-state index contributed by atoms with van der Waals surface area (Å²) in [4.78, 5) is 12.9. The van der Waals surface area contributed by atoms with E-state index in [4.69, 9.17) is 21.1 Å². The van der Waals surface area contributed by atoms with Gasteiger partial charge in [0.25, 0.3) is 0 Å². The highest BCUT2D eigenvalue weighted by molar-refractivity contribution is 7.92. The molecule has 0 aliphatic carbocycles. The number of anilines is 1. The van der Waals surface area contributed by atoms with Crippen LogP contribution in [-0.2, 0) is 25.0 Å². The number of methoxy groups -OCH3 is 1. The third kappa shape index (κ3) is 5.70. The molecule has 1 heterocycles. The fourth-order valence-corrected chi connectivity index (χ4v) is 4.83. The van der Waals surface area contributed by atoms with E-state index in [1.165, 1.54) is 13.2 Å². The van der Waals surface area contributed by atoms with Crippen molar-refractivity contribution >= 4 is 33.2 Å². The van der Waals surface area contributed by atoms with E-state index in [0.717, 1.165) is 29.0 Å². The summed E-state index contributed by atoms with van der Waals surface area (Å²) in [7, 11) is -2.33. The van der Waals surface area contributed by atoms with Gasteiger partial charge in [-0.05, 0) is 36.6 Å². The van der Waals surface area contributed by atoms with Gasteiger partial charge >= 0.3 is 0 Å². The molecule has 1 fully saturated rings. The molecular formula is C22H27ClN2O5S. The van der Waals surface area contributed by atoms with Crippen LogP contribution in [0.3, 0.4) is 0 Å². The molecule has 0 bridgehead atoms. The van der Waals surface area contributed by atoms with Crippen LogP contribution in [0.5, 0.6) is 5.75 Å². The van der Waals surface area contributed by atoms with Gasteiger partial charge in [0, 0.05) is 30.2 Å². The summed E-state index contributed by atoms with van der Waals surface area (Å²) in [6, 6.07) is 14.7. The Hall–Kier alpha value is -2.29. The Balaban J connectivity index is 1.79. The van der Waals surface area contributed by atoms with E-state index in [9.17, 15) is 13.2 Å². The lowest BCUT2D eigenvalue weighted by Gasteiger charge is -2.38. The van der Waals surface area contributed by atoms with E-state index in [-0.39, 0.29) is 17.6 Å². The molecule has 0 spiro atoms. The van der Waals surface area contributed by atoms with Crippen LogP contribution in [0.15, 0.2) is 48.5 Å². The molecule has 1 amide bonds. The first kappa shape index (κ1) is 23.4. The van der Waals surface area contributed by atoms with E-state index in [1.807, 2.05) is 18.2 Å². The minimum atomic E-state index is -3.76. The third-order valence-electron chi connectivity index (χ3n) is 5.56. The minimum Gasteiger partial charge on any atom is -0.495 e. The molecule has 31 heavy (non-hydrogen) atoms. The molecule has 0 aromatic heterocycles. The second kappa shape index (κ2) is 9.89. The highest BCUT2D eigenvalue weighted by atomic mass is 35.5. The molecule has 168 valence electrons. The van der Waals surface area contributed by atoms with Gasteiger partial charge in [-0.3, -0.25) is 9.10 Å². The maximum absolute atomic E-state index is 12.9. The molecule has 0 unspecified atom stereocenters. The number of nitrogens with zero attached hydrogens (tertiary/aromatic N) is 1. The van der Waals surface area contributed by atoms with Gasteiger partial charge in [-0.25, -0.2) is 8.42 Å². The molecule has 2 aromatic carbocycles. The molecule has 1 saturated heterocycles. The Morgan fingerprint density at radius 3 is 2.48 bits per heavy atom. The second-order valence-electron chi connectivity index (χ2n) is 7.62. The van der Waals surface area contributed by atoms with Gasteiger partial charge in [0.05, 0.1) is 19.1 Å². The number of carbonyl (C=O) groups excluding carboxylic acids is 1. The predicted octanol–water partition coefficient (Wildman–Crippen LogP) is 2.98. The predicted molar refractivity (Wildman–Crippen MR) is 121 cm³/mol. The molecule has 1 N–H and O–H groups in total. The van der Waals surface area contributed by atoms with Crippen molar-refractivity contribution in [3.63, 3.8) is 0 Å². The molecule has 9 heteroatoms. The van der Waals surface area contributed by atoms with Crippen LogP contribution in [-0.4, -0.2) is 54.0 Å². The largest absolute Gasteiger partial charge is 0.495 e. The monoisotopic (exact) mass is 466 g/mol. The first-order chi connectivity index (χ1) is 14.7. The lowest BCUT2D eigenvalue weighted by molar-refractivity contribution is -0.120. The van der Waals surface area contributed by atoms with Crippen molar-refractivity contribution in [2.24, 2.45) is 0 Å². The number of rotatable bonds is 8. The summed E-state index contributed by atoms with van der Waals surface area (Å²) in [6.07, 6.45) is 2.59. The Bertz CT molecular complexity index is 1010. The van der Waals surface area contributed by atoms with E-state index >= 15 is 0 Å². The van der Waals surface area contributed by atoms with Crippen molar-refractivity contribution in [3.05, 3.63) is 59.1 Å². The molecule has 0 saturated carbocycles. The summed E-state index contributed by atoms with van der Waals surface area (Å²) in [5.74, 6) is -0.0953. The Labute approximate surface area is 188 Å². The highest BCUT2D eigenvalue weighted by Gasteiger charge is 2.35. The number of halogens is 1. The van der Waals surface area contributed by atoms with Crippen molar-refractivity contribution in [1.82, 2.24) is 5.32 Å². The lowest BCUT2D eigenvalue weighted by atomic mass is 9.74. The topological polar surface area (TPSA) is 84.9 Å². The molecule has 0 radical (unpaired) electrons. The van der Waals surface area contributed by atoms with E-state index in [2.05, 4.69) is 17.4 Å². The maximum Gasteiger partial charge on any atom is 0.240 e. The zero-order valence-electron chi connectivity index (χ0n) is 17.6. The quantitative estimate of drug-likeness (QED) is 0.646. The van der Waals surface area contributed by atoms with Gasteiger partial charge in [0.1, 0.15) is 12.3 Å². The van der Waals surface area contributed by atoms with Crippen molar-refractivity contribution in [2.45, 2.75) is 18.3 Å². The lowest BCUT2D eigenvalue weighted by Crippen LogP contribution is -2.47. The maximum atomic E-state index is 12.9. The SMILES string of the molecule is COc1ccc(Cl)cc1N(CC(=O)NCC1(c2ccccc2)CCOCC1)S(C)(=O)=O. The number of amides is 1. The zero-order valence-corrected chi connectivity index (χ0v) is 19.2. The van der Waals surface area contributed by atoms with Gasteiger partial charge in [-0.15, -0.1) is 0 Å². The normalized spacial score (nSPS) is 15.8. The van der Waals surface area contributed by atoms with Crippen LogP contribution >= 0.6 is 11.6 Å². The van der Waals surface area contributed by atoms with Gasteiger partial charge in [-0.2, -0.15) is 0 Å². The Kier molecular flexibility index (Phi) is 7.46. The molecule has 0 atom stereocenters. The summed E-state index contributed by atoms with van der Waals surface area (Å²) >= 11 is 6.06. The number of hydrogen-bond donors (Lipinski definition) is 1. The number of nitrogens with one attached hydrogen (secondary N) is 1. The fourth-order valence-electron chi connectivity index (χ4n) is 3.81. The average molecular weight is 467 g/mol. The molecule has 2 aromatic rings. The van der Waals surface area contributed by atoms with Crippen LogP contribution in [0.4, 0.5) is 5.69 Å². The minimum absolute atomic E-state index is 0.219. The summed E-state index contributed by atoms with van der Waals surface area (Å²) in [6.45, 7) is 1.24. The summed E-state index contributed by atoms with van der Waals surface area (Å²) < 4.78 is 36.7. The van der Waals surface area contributed by atoms with E-state index in [0.29, 0.717) is 30.5 Å². The number of benzene rings is 2. The van der Waals surface area contributed by atoms with Crippen molar-refractivity contribution in [3.8, 4) is 5.75 Å². The number of carbonyl (C=O) groups is 1. The summed E-state index contributed by atoms with van der Waals surface area (Å²) in [5, 5.41) is 3.28. The highest BCUT2D eigenvalue weighted by Crippen LogP contribution is 2.35. The number of hydrogen-bond acceptors (Lipinski definition) is 5. The van der Waals surface area contributed by atoms with Gasteiger partial charge in [-0.1, -0.05) is 41.9 Å². The number of ether oxygens (including phenoxy) is 2. The average Bonchev–Trinajstić information content (AvgIpc) is 2.76. The molecular weight excluding hydrogens is 440 g/mol. The summed E-state index contributed by atoms with van der Waals surface area (Å²) in [5.41, 5.74) is 1.10. The van der Waals surface area contributed by atoms with Gasteiger partial charge in [0.15, 0.2) is 0 Å². The third-order valence-corrected chi connectivity index (χ3v) is 6.92. The Morgan fingerprint density at radius 1 is 1.19 bits per heavy atom. The first-order valence-electron chi connectivity index (χ1n) is 9.96.